The van der Waals surface area contributed by atoms with Crippen LogP contribution in [0.3, 0.4) is 0 Å². The van der Waals surface area contributed by atoms with Crippen molar-refractivity contribution in [2.24, 2.45) is 5.41 Å². The largest absolute Gasteiger partial charge is 0.444 e. The molecule has 2 aromatic rings. The number of aromatic amines is 1. The highest BCUT2D eigenvalue weighted by molar-refractivity contribution is 6.18. The second-order valence-electron chi connectivity index (χ2n) is 9.55. The lowest BCUT2D eigenvalue weighted by molar-refractivity contribution is -0.0390. The number of carbonyl (C=O) groups excluding carboxylic acids is 1. The normalized spacial score (nSPS) is 18.7. The van der Waals surface area contributed by atoms with Gasteiger partial charge in [-0.2, -0.15) is 0 Å². The Kier molecular flexibility index (Phi) is 5.33. The van der Waals surface area contributed by atoms with E-state index in [1.807, 2.05) is 33.0 Å². The fraction of sp³-hybridized carbons (Fsp3) is 0.478. The molecule has 0 aromatic carbocycles. The molecule has 8 nitrogen and oxygen atoms in total. The summed E-state index contributed by atoms with van der Waals surface area (Å²) in [6.45, 7) is 8.90. The van der Waals surface area contributed by atoms with Gasteiger partial charge >= 0.3 is 6.09 Å². The van der Waals surface area contributed by atoms with Crippen molar-refractivity contribution in [1.29, 1.82) is 10.8 Å². The molecule has 0 unspecified atom stereocenters. The number of amides is 1. The second kappa shape index (κ2) is 7.83. The molecule has 0 radical (unpaired) electrons. The van der Waals surface area contributed by atoms with Gasteiger partial charge in [-0.25, -0.2) is 9.78 Å². The minimum absolute atomic E-state index is 0.0798. The molecule has 31 heavy (non-hydrogen) atoms. The first-order valence-corrected chi connectivity index (χ1v) is 10.7. The van der Waals surface area contributed by atoms with Gasteiger partial charge in [-0.1, -0.05) is 0 Å². The predicted octanol–water partition coefficient (Wildman–Crippen LogP) is 4.08. The molecule has 2 fully saturated rings. The number of nitrogens with one attached hydrogen (secondary N) is 3. The Morgan fingerprint density at radius 1 is 1.29 bits per heavy atom. The van der Waals surface area contributed by atoms with Gasteiger partial charge in [-0.3, -0.25) is 0 Å². The summed E-state index contributed by atoms with van der Waals surface area (Å²) < 4.78 is 5.53. The molecule has 0 aliphatic carbocycles. The number of fused-ring (bicyclic) bond motifs is 1. The summed E-state index contributed by atoms with van der Waals surface area (Å²) in [6, 6.07) is 2.02. The lowest BCUT2D eigenvalue weighted by Crippen LogP contribution is -2.64. The average molecular weight is 423 g/mol. The standard InChI is InChI=1S/C23H30N6O2/c1-22(2,3)31-21(30)29-14-23(15-29)7-4-10-28(13-23)18-6-9-26-20-19(18)17(12-27-20)16(11-25)5-8-24/h5-6,8-9,11-12,24-25H,4,7,10,13-15H2,1-3H3,(H,26,27)/b16-5+,24-8?,25-11?. The molecule has 2 aromatic heterocycles. The lowest BCUT2D eigenvalue weighted by Gasteiger charge is -2.54. The number of likely N-dealkylation sites (tertiary alicyclic amines) is 1. The maximum atomic E-state index is 12.4. The van der Waals surface area contributed by atoms with E-state index in [1.165, 1.54) is 12.4 Å². The van der Waals surface area contributed by atoms with Crippen molar-refractivity contribution in [3.63, 3.8) is 0 Å². The number of anilines is 1. The van der Waals surface area contributed by atoms with Crippen LogP contribution < -0.4 is 4.90 Å². The summed E-state index contributed by atoms with van der Waals surface area (Å²) in [7, 11) is 0. The number of piperidine rings is 1. The van der Waals surface area contributed by atoms with Gasteiger partial charge < -0.3 is 30.3 Å². The zero-order chi connectivity index (χ0) is 22.2. The van der Waals surface area contributed by atoms with Gasteiger partial charge in [0.05, 0.1) is 0 Å². The van der Waals surface area contributed by atoms with Crippen molar-refractivity contribution < 1.29 is 9.53 Å². The molecule has 4 heterocycles. The summed E-state index contributed by atoms with van der Waals surface area (Å²) in [5.74, 6) is 0. The van der Waals surface area contributed by atoms with Gasteiger partial charge in [0, 0.05) is 78.6 Å². The van der Waals surface area contributed by atoms with Gasteiger partial charge in [0.15, 0.2) is 0 Å². The van der Waals surface area contributed by atoms with E-state index < -0.39 is 5.60 Å². The minimum Gasteiger partial charge on any atom is -0.444 e. The molecule has 2 aliphatic heterocycles. The van der Waals surface area contributed by atoms with Gasteiger partial charge in [0.1, 0.15) is 11.2 Å². The molecular weight excluding hydrogens is 392 g/mol. The average Bonchev–Trinajstić information content (AvgIpc) is 3.13. The molecule has 4 rings (SSSR count). The molecule has 1 spiro atoms. The Hall–Kier alpha value is -3.16. The number of nitrogens with zero attached hydrogens (tertiary/aromatic N) is 3. The highest BCUT2D eigenvalue weighted by atomic mass is 16.6. The molecule has 3 N–H and O–H groups in total. The first-order valence-electron chi connectivity index (χ1n) is 10.7. The summed E-state index contributed by atoms with van der Waals surface area (Å²) in [5.41, 5.74) is 2.99. The third-order valence-corrected chi connectivity index (χ3v) is 5.99. The van der Waals surface area contributed by atoms with E-state index in [2.05, 4.69) is 14.9 Å². The number of H-pyrrole nitrogens is 1. The Bertz CT molecular complexity index is 1040. The maximum absolute atomic E-state index is 12.4. The number of rotatable bonds is 4. The third-order valence-electron chi connectivity index (χ3n) is 5.99. The maximum Gasteiger partial charge on any atom is 0.410 e. The Morgan fingerprint density at radius 2 is 2.06 bits per heavy atom. The molecule has 8 heteroatoms. The summed E-state index contributed by atoms with van der Waals surface area (Å²) in [6.07, 6.45) is 9.66. The van der Waals surface area contributed by atoms with Crippen molar-refractivity contribution in [2.45, 2.75) is 39.2 Å². The van der Waals surface area contributed by atoms with Gasteiger partial charge in [-0.15, -0.1) is 0 Å². The summed E-state index contributed by atoms with van der Waals surface area (Å²) in [5, 5.41) is 16.1. The van der Waals surface area contributed by atoms with Crippen molar-refractivity contribution in [1.82, 2.24) is 14.9 Å². The fourth-order valence-electron chi connectivity index (χ4n) is 4.73. The van der Waals surface area contributed by atoms with Gasteiger partial charge in [-0.05, 0) is 45.8 Å². The van der Waals surface area contributed by atoms with Crippen LogP contribution in [0.5, 0.6) is 0 Å². The van der Waals surface area contributed by atoms with Crippen molar-refractivity contribution in [3.05, 3.63) is 30.1 Å². The van der Waals surface area contributed by atoms with Gasteiger partial charge in [0.25, 0.3) is 0 Å². The molecule has 2 aliphatic rings. The SMILES string of the molecule is CC(C)(C)OC(=O)N1CC2(CCCN(c3ccnc4[nH]cc(/C(C=N)=C/C=N)c34)C2)C1. The quantitative estimate of drug-likeness (QED) is 0.645. The van der Waals surface area contributed by atoms with Crippen molar-refractivity contribution in [2.75, 3.05) is 31.1 Å². The molecule has 0 saturated carbocycles. The first-order chi connectivity index (χ1) is 14.8. The molecule has 1 amide bonds. The Labute approximate surface area is 182 Å². The highest BCUT2D eigenvalue weighted by Crippen LogP contribution is 2.42. The van der Waals surface area contributed by atoms with Crippen LogP contribution in [-0.4, -0.2) is 65.2 Å². The van der Waals surface area contributed by atoms with Crippen LogP contribution in [0.2, 0.25) is 0 Å². The fourth-order valence-corrected chi connectivity index (χ4v) is 4.73. The van der Waals surface area contributed by atoms with E-state index in [0.29, 0.717) is 18.7 Å². The van der Waals surface area contributed by atoms with Crippen LogP contribution in [0.1, 0.15) is 39.2 Å². The van der Waals surface area contributed by atoms with E-state index in [-0.39, 0.29) is 11.5 Å². The van der Waals surface area contributed by atoms with Crippen LogP contribution >= 0.6 is 0 Å². The molecule has 2 saturated heterocycles. The third kappa shape index (κ3) is 4.06. The topological polar surface area (TPSA) is 109 Å². The zero-order valence-electron chi connectivity index (χ0n) is 18.4. The van der Waals surface area contributed by atoms with Crippen molar-refractivity contribution in [3.8, 4) is 0 Å². The van der Waals surface area contributed by atoms with E-state index in [0.717, 1.165) is 48.2 Å². The summed E-state index contributed by atoms with van der Waals surface area (Å²) >= 11 is 0. The van der Waals surface area contributed by atoms with E-state index in [4.69, 9.17) is 15.6 Å². The van der Waals surface area contributed by atoms with Crippen molar-refractivity contribution >= 4 is 40.8 Å². The van der Waals surface area contributed by atoms with E-state index >= 15 is 0 Å². The molecule has 0 bridgehead atoms. The van der Waals surface area contributed by atoms with Gasteiger partial charge in [0.2, 0.25) is 0 Å². The number of pyridine rings is 1. The van der Waals surface area contributed by atoms with Crippen LogP contribution in [0, 0.1) is 16.2 Å². The van der Waals surface area contributed by atoms with E-state index in [9.17, 15) is 4.79 Å². The van der Waals surface area contributed by atoms with Crippen LogP contribution in [0.15, 0.2) is 24.5 Å². The van der Waals surface area contributed by atoms with Crippen LogP contribution in [0.25, 0.3) is 16.6 Å². The number of hydrogen-bond donors (Lipinski definition) is 3. The minimum atomic E-state index is -0.484. The molecule has 164 valence electrons. The molecular formula is C23H30N6O2. The highest BCUT2D eigenvalue weighted by Gasteiger charge is 2.48. The first kappa shape index (κ1) is 21.1. The second-order valence-corrected chi connectivity index (χ2v) is 9.55. The number of allylic oxidation sites excluding steroid dienone is 2. The van der Waals surface area contributed by atoms with E-state index in [1.54, 1.807) is 17.2 Å². The summed E-state index contributed by atoms with van der Waals surface area (Å²) in [4.78, 5) is 24.3. The monoisotopic (exact) mass is 422 g/mol. The lowest BCUT2D eigenvalue weighted by atomic mass is 9.73. The number of hydrogen-bond acceptors (Lipinski definition) is 6. The van der Waals surface area contributed by atoms with Crippen LogP contribution in [0.4, 0.5) is 10.5 Å². The Balaban J connectivity index is 1.58. The smallest absolute Gasteiger partial charge is 0.410 e. The zero-order valence-corrected chi connectivity index (χ0v) is 18.4. The number of ether oxygens (including phenoxy) is 1. The Morgan fingerprint density at radius 3 is 2.74 bits per heavy atom. The predicted molar refractivity (Wildman–Crippen MR) is 123 cm³/mol. The van der Waals surface area contributed by atoms with Crippen LogP contribution in [-0.2, 0) is 4.74 Å². The number of carbonyl (C=O) groups is 1. The number of aromatic nitrogens is 2. The molecule has 0 atom stereocenters.